The molecule has 0 aromatic carbocycles. The Labute approximate surface area is 93.8 Å². The van der Waals surface area contributed by atoms with Gasteiger partial charge in [-0.25, -0.2) is 0 Å². The van der Waals surface area contributed by atoms with Gasteiger partial charge < -0.3 is 10.5 Å². The van der Waals surface area contributed by atoms with Crippen LogP contribution in [0.1, 0.15) is 25.7 Å². The van der Waals surface area contributed by atoms with E-state index in [9.17, 15) is 0 Å². The number of rotatable bonds is 2. The Balaban J connectivity index is 1.93. The van der Waals surface area contributed by atoms with Crippen LogP contribution in [-0.2, 0) is 0 Å². The molecule has 82 valence electrons. The smallest absolute Gasteiger partial charge is 0.233 e. The zero-order chi connectivity index (χ0) is 10.7. The summed E-state index contributed by atoms with van der Waals surface area (Å²) >= 11 is 5.63. The normalized spacial score (nSPS) is 26.3. The van der Waals surface area contributed by atoms with Crippen molar-refractivity contribution >= 4 is 11.6 Å². The third-order valence-electron chi connectivity index (χ3n) is 2.56. The van der Waals surface area contributed by atoms with E-state index in [1.54, 1.807) is 12.1 Å². The van der Waals surface area contributed by atoms with Crippen molar-refractivity contribution in [1.82, 2.24) is 10.2 Å². The monoisotopic (exact) mass is 227 g/mol. The minimum atomic E-state index is 0.171. The fourth-order valence-electron chi connectivity index (χ4n) is 1.83. The van der Waals surface area contributed by atoms with Gasteiger partial charge in [0, 0.05) is 12.1 Å². The summed E-state index contributed by atoms with van der Waals surface area (Å²) in [5.41, 5.74) is 5.87. The molecule has 1 heterocycles. The van der Waals surface area contributed by atoms with Gasteiger partial charge in [-0.1, -0.05) is 11.6 Å². The lowest BCUT2D eigenvalue weighted by Crippen LogP contribution is -2.33. The largest absolute Gasteiger partial charge is 0.473 e. The number of halogens is 1. The first-order chi connectivity index (χ1) is 7.24. The predicted molar refractivity (Wildman–Crippen MR) is 57.9 cm³/mol. The minimum absolute atomic E-state index is 0.171. The lowest BCUT2D eigenvalue weighted by Gasteiger charge is -2.26. The number of hydrogen-bond donors (Lipinski definition) is 1. The molecule has 0 saturated heterocycles. The van der Waals surface area contributed by atoms with Crippen LogP contribution in [0, 0.1) is 0 Å². The maximum absolute atomic E-state index is 5.87. The molecule has 5 heteroatoms. The third-order valence-corrected chi connectivity index (χ3v) is 2.76. The summed E-state index contributed by atoms with van der Waals surface area (Å²) < 4.78 is 5.67. The van der Waals surface area contributed by atoms with Crippen LogP contribution >= 0.6 is 11.6 Å². The maximum atomic E-state index is 5.87. The van der Waals surface area contributed by atoms with E-state index in [-0.39, 0.29) is 12.1 Å². The Kier molecular flexibility index (Phi) is 3.38. The van der Waals surface area contributed by atoms with Gasteiger partial charge in [-0.05, 0) is 31.7 Å². The average Bonchev–Trinajstić information content (AvgIpc) is 2.22. The molecule has 1 aliphatic rings. The lowest BCUT2D eigenvalue weighted by molar-refractivity contribution is 0.137. The molecule has 0 aliphatic heterocycles. The van der Waals surface area contributed by atoms with E-state index < -0.39 is 0 Å². The molecule has 2 rings (SSSR count). The zero-order valence-electron chi connectivity index (χ0n) is 8.40. The molecule has 0 amide bonds. The molecule has 0 radical (unpaired) electrons. The highest BCUT2D eigenvalue weighted by Crippen LogP contribution is 2.21. The summed E-state index contributed by atoms with van der Waals surface area (Å²) in [6, 6.07) is 3.66. The summed E-state index contributed by atoms with van der Waals surface area (Å²) in [6.45, 7) is 0. The first kappa shape index (κ1) is 10.6. The molecule has 1 saturated carbocycles. The number of ether oxygens (including phenoxy) is 1. The molecule has 0 spiro atoms. The average molecular weight is 228 g/mol. The van der Waals surface area contributed by atoms with Crippen LogP contribution in [0.5, 0.6) is 5.88 Å². The van der Waals surface area contributed by atoms with Gasteiger partial charge in [0.1, 0.15) is 6.10 Å². The molecule has 2 unspecified atom stereocenters. The van der Waals surface area contributed by atoms with Gasteiger partial charge in [0.05, 0.1) is 0 Å². The highest BCUT2D eigenvalue weighted by atomic mass is 35.5. The van der Waals surface area contributed by atoms with Gasteiger partial charge in [-0.2, -0.15) is 0 Å². The molecule has 1 aromatic rings. The second-order valence-electron chi connectivity index (χ2n) is 3.86. The molecular weight excluding hydrogens is 214 g/mol. The molecule has 4 nitrogen and oxygen atoms in total. The Morgan fingerprint density at radius 3 is 2.87 bits per heavy atom. The van der Waals surface area contributed by atoms with Crippen LogP contribution in [0.25, 0.3) is 0 Å². The Hall–Kier alpha value is -0.870. The predicted octanol–water partition coefficient (Wildman–Crippen LogP) is 1.78. The Morgan fingerprint density at radius 2 is 2.20 bits per heavy atom. The van der Waals surface area contributed by atoms with Gasteiger partial charge in [0.25, 0.3) is 0 Å². The minimum Gasteiger partial charge on any atom is -0.473 e. The highest BCUT2D eigenvalue weighted by Gasteiger charge is 2.20. The topological polar surface area (TPSA) is 61.0 Å². The standard InChI is InChI=1S/C10H14ClN3O/c11-9-4-5-10(14-13-9)15-8-3-1-2-7(12)6-8/h4-5,7-8H,1-3,6,12H2. The van der Waals surface area contributed by atoms with Gasteiger partial charge in [-0.3, -0.25) is 0 Å². The van der Waals surface area contributed by atoms with Crippen molar-refractivity contribution in [1.29, 1.82) is 0 Å². The number of nitrogens with zero attached hydrogens (tertiary/aromatic N) is 2. The quantitative estimate of drug-likeness (QED) is 0.837. The second kappa shape index (κ2) is 4.77. The van der Waals surface area contributed by atoms with Gasteiger partial charge in [0.2, 0.25) is 5.88 Å². The van der Waals surface area contributed by atoms with E-state index in [1.165, 1.54) is 0 Å². The second-order valence-corrected chi connectivity index (χ2v) is 4.25. The van der Waals surface area contributed by atoms with Crippen molar-refractivity contribution in [2.24, 2.45) is 5.73 Å². The van der Waals surface area contributed by atoms with Crippen LogP contribution in [0.2, 0.25) is 5.15 Å². The van der Waals surface area contributed by atoms with Crippen LogP contribution < -0.4 is 10.5 Å². The molecule has 0 bridgehead atoms. The Bertz CT molecular complexity index is 317. The summed E-state index contributed by atoms with van der Waals surface area (Å²) in [5.74, 6) is 0.526. The van der Waals surface area contributed by atoms with E-state index >= 15 is 0 Å². The fraction of sp³-hybridized carbons (Fsp3) is 0.600. The highest BCUT2D eigenvalue weighted by molar-refractivity contribution is 6.29. The van der Waals surface area contributed by atoms with Crippen LogP contribution in [-0.4, -0.2) is 22.3 Å². The molecule has 1 aromatic heterocycles. The SMILES string of the molecule is NC1CCCC(Oc2ccc(Cl)nn2)C1. The first-order valence-electron chi connectivity index (χ1n) is 5.15. The van der Waals surface area contributed by atoms with Gasteiger partial charge >= 0.3 is 0 Å². The molecule has 1 aliphatic carbocycles. The van der Waals surface area contributed by atoms with E-state index in [2.05, 4.69) is 10.2 Å². The summed E-state index contributed by atoms with van der Waals surface area (Å²) in [6.07, 6.45) is 4.31. The molecular formula is C10H14ClN3O. The fourth-order valence-corrected chi connectivity index (χ4v) is 1.93. The number of nitrogens with two attached hydrogens (primary N) is 1. The van der Waals surface area contributed by atoms with Crippen molar-refractivity contribution in [3.05, 3.63) is 17.3 Å². The summed E-state index contributed by atoms with van der Waals surface area (Å²) in [5, 5.41) is 7.95. The van der Waals surface area contributed by atoms with Crippen LogP contribution in [0.4, 0.5) is 0 Å². The number of hydrogen-bond acceptors (Lipinski definition) is 4. The molecule has 2 atom stereocenters. The van der Waals surface area contributed by atoms with Gasteiger partial charge in [0.15, 0.2) is 5.15 Å². The van der Waals surface area contributed by atoms with E-state index in [0.29, 0.717) is 11.0 Å². The van der Waals surface area contributed by atoms with Gasteiger partial charge in [-0.15, -0.1) is 10.2 Å². The lowest BCUT2D eigenvalue weighted by atomic mass is 9.94. The van der Waals surface area contributed by atoms with Crippen molar-refractivity contribution in [3.63, 3.8) is 0 Å². The molecule has 1 fully saturated rings. The van der Waals surface area contributed by atoms with Crippen molar-refractivity contribution in [2.75, 3.05) is 0 Å². The van der Waals surface area contributed by atoms with Crippen molar-refractivity contribution < 1.29 is 4.74 Å². The van der Waals surface area contributed by atoms with Crippen LogP contribution in [0.3, 0.4) is 0 Å². The summed E-state index contributed by atoms with van der Waals surface area (Å²) in [4.78, 5) is 0. The third kappa shape index (κ3) is 3.04. The number of aromatic nitrogens is 2. The Morgan fingerprint density at radius 1 is 1.33 bits per heavy atom. The van der Waals surface area contributed by atoms with Crippen molar-refractivity contribution in [3.8, 4) is 5.88 Å². The summed E-state index contributed by atoms with van der Waals surface area (Å²) in [7, 11) is 0. The first-order valence-corrected chi connectivity index (χ1v) is 5.53. The van der Waals surface area contributed by atoms with Crippen molar-refractivity contribution in [2.45, 2.75) is 37.8 Å². The molecule has 15 heavy (non-hydrogen) atoms. The maximum Gasteiger partial charge on any atom is 0.233 e. The molecule has 2 N–H and O–H groups in total. The van der Waals surface area contributed by atoms with Crippen LogP contribution in [0.15, 0.2) is 12.1 Å². The zero-order valence-corrected chi connectivity index (χ0v) is 9.15. The van der Waals surface area contributed by atoms with E-state index in [1.807, 2.05) is 0 Å². The van der Waals surface area contributed by atoms with E-state index in [0.717, 1.165) is 25.7 Å². The van der Waals surface area contributed by atoms with E-state index in [4.69, 9.17) is 22.1 Å².